The van der Waals surface area contributed by atoms with Crippen molar-refractivity contribution in [3.63, 3.8) is 0 Å². The fraction of sp³-hybridized carbons (Fsp3) is 0.0857. The van der Waals surface area contributed by atoms with Crippen LogP contribution in [-0.4, -0.2) is 30.9 Å². The summed E-state index contributed by atoms with van der Waals surface area (Å²) < 4.78 is 9.02. The summed E-state index contributed by atoms with van der Waals surface area (Å²) in [5.74, 6) is -1.36. The van der Waals surface area contributed by atoms with Crippen molar-refractivity contribution in [1.82, 2.24) is 0 Å². The van der Waals surface area contributed by atoms with Crippen LogP contribution in [0.4, 0.5) is 0 Å². The molecular formula is C35H26O4S2. The number of thiophene rings is 1. The molecule has 0 radical (unpaired) electrons. The molecule has 1 aliphatic rings. The van der Waals surface area contributed by atoms with Gasteiger partial charge in [-0.15, -0.1) is 11.3 Å². The van der Waals surface area contributed by atoms with Crippen LogP contribution in [0.15, 0.2) is 126 Å². The topological polar surface area (TPSA) is 52.6 Å². The predicted octanol–water partition coefficient (Wildman–Crippen LogP) is 8.23. The van der Waals surface area contributed by atoms with Crippen LogP contribution >= 0.6 is 23.1 Å². The molecule has 41 heavy (non-hydrogen) atoms. The minimum atomic E-state index is -1.80. The molecule has 0 bridgehead atoms. The lowest BCUT2D eigenvalue weighted by atomic mass is 9.83. The number of benzene rings is 4. The van der Waals surface area contributed by atoms with Crippen LogP contribution in [0.1, 0.15) is 16.0 Å². The Morgan fingerprint density at radius 2 is 1.00 bits per heavy atom. The number of rotatable bonds is 6. The molecule has 1 aliphatic heterocycles. The van der Waals surface area contributed by atoms with E-state index in [1.54, 1.807) is 11.3 Å². The van der Waals surface area contributed by atoms with Crippen molar-refractivity contribution in [3.05, 3.63) is 137 Å². The molecule has 0 atom stereocenters. The van der Waals surface area contributed by atoms with E-state index in [-0.39, 0.29) is 0 Å². The second-order valence-electron chi connectivity index (χ2n) is 9.44. The van der Waals surface area contributed by atoms with E-state index in [0.29, 0.717) is 5.57 Å². The van der Waals surface area contributed by atoms with E-state index in [0.717, 1.165) is 48.0 Å². The van der Waals surface area contributed by atoms with Crippen LogP contribution in [0.25, 0.3) is 32.7 Å². The first kappa shape index (κ1) is 26.8. The van der Waals surface area contributed by atoms with Crippen LogP contribution in [0, 0.1) is 0 Å². The zero-order chi connectivity index (χ0) is 28.4. The van der Waals surface area contributed by atoms with Crippen molar-refractivity contribution >= 4 is 46.2 Å². The highest BCUT2D eigenvalue weighted by molar-refractivity contribution is 8.03. The summed E-state index contributed by atoms with van der Waals surface area (Å²) >= 11 is 2.88. The number of carbonyl (C=O) groups is 2. The Kier molecular flexibility index (Phi) is 7.35. The fourth-order valence-corrected chi connectivity index (χ4v) is 8.41. The van der Waals surface area contributed by atoms with Gasteiger partial charge in [0.2, 0.25) is 4.75 Å². The van der Waals surface area contributed by atoms with Gasteiger partial charge in [-0.3, -0.25) is 0 Å². The number of fused-ring (bicyclic) bond motifs is 1. The molecule has 0 spiro atoms. The molecule has 0 N–H and O–H groups in total. The van der Waals surface area contributed by atoms with Gasteiger partial charge in [0.25, 0.3) is 0 Å². The molecule has 4 aromatic carbocycles. The molecule has 0 saturated heterocycles. The lowest BCUT2D eigenvalue weighted by Crippen LogP contribution is -2.47. The normalized spacial score (nSPS) is 13.8. The van der Waals surface area contributed by atoms with Crippen molar-refractivity contribution in [2.24, 2.45) is 0 Å². The molecule has 0 fully saturated rings. The van der Waals surface area contributed by atoms with E-state index >= 15 is 0 Å². The molecule has 5 aromatic rings. The van der Waals surface area contributed by atoms with Gasteiger partial charge in [-0.2, -0.15) is 0 Å². The van der Waals surface area contributed by atoms with Gasteiger partial charge in [0, 0.05) is 26.5 Å². The summed E-state index contributed by atoms with van der Waals surface area (Å²) in [6.45, 7) is 0. The van der Waals surface area contributed by atoms with E-state index in [2.05, 4.69) is 24.3 Å². The van der Waals surface area contributed by atoms with Gasteiger partial charge in [0.05, 0.1) is 19.1 Å². The number of methoxy groups -OCH3 is 2. The largest absolute Gasteiger partial charge is 0.467 e. The minimum Gasteiger partial charge on any atom is -0.467 e. The fourth-order valence-electron chi connectivity index (χ4n) is 5.32. The van der Waals surface area contributed by atoms with Crippen LogP contribution in [0.5, 0.6) is 0 Å². The van der Waals surface area contributed by atoms with Crippen molar-refractivity contribution in [2.75, 3.05) is 14.2 Å². The summed E-state index contributed by atoms with van der Waals surface area (Å²) in [5, 5.41) is 0. The van der Waals surface area contributed by atoms with Crippen molar-refractivity contribution in [1.29, 1.82) is 0 Å². The molecular weight excluding hydrogens is 549 g/mol. The summed E-state index contributed by atoms with van der Waals surface area (Å²) in [7, 11) is 2.63. The smallest absolute Gasteiger partial charge is 0.338 e. The van der Waals surface area contributed by atoms with Gasteiger partial charge < -0.3 is 9.47 Å². The van der Waals surface area contributed by atoms with Crippen LogP contribution in [0.3, 0.4) is 0 Å². The highest BCUT2D eigenvalue weighted by Gasteiger charge is 2.58. The van der Waals surface area contributed by atoms with E-state index in [9.17, 15) is 9.59 Å². The SMILES string of the molecule is COC(=O)C1(C(=O)OC)Sc2c(sc(-c3ccccc3)c2-c2ccccc2)C(c2ccccc2)=C1c1ccccc1. The molecule has 1 aromatic heterocycles. The van der Waals surface area contributed by atoms with E-state index in [4.69, 9.17) is 9.47 Å². The first-order chi connectivity index (χ1) is 20.1. The predicted molar refractivity (Wildman–Crippen MR) is 167 cm³/mol. The third-order valence-electron chi connectivity index (χ3n) is 7.12. The molecule has 6 rings (SSSR count). The number of carbonyl (C=O) groups excluding carboxylic acids is 2. The lowest BCUT2D eigenvalue weighted by molar-refractivity contribution is -0.153. The Morgan fingerprint density at radius 3 is 1.49 bits per heavy atom. The van der Waals surface area contributed by atoms with E-state index < -0.39 is 16.7 Å². The number of hydrogen-bond acceptors (Lipinski definition) is 6. The number of ether oxygens (including phenoxy) is 2. The van der Waals surface area contributed by atoms with Crippen LogP contribution < -0.4 is 0 Å². The third kappa shape index (κ3) is 4.49. The quantitative estimate of drug-likeness (QED) is 0.151. The highest BCUT2D eigenvalue weighted by Crippen LogP contribution is 2.62. The Balaban J connectivity index is 1.82. The standard InChI is InChI=1S/C35H26O4S2/c1-38-33(36)35(34(37)39-2)29(25-19-11-5-12-20-25)27(23-15-7-3-8-16-23)31-32(41-35)28(24-17-9-4-10-18-24)30(40-31)26-21-13-6-14-22-26/h3-22H,1-2H3. The second kappa shape index (κ2) is 11.2. The Labute approximate surface area is 247 Å². The maximum Gasteiger partial charge on any atom is 0.338 e. The third-order valence-corrected chi connectivity index (χ3v) is 9.96. The molecule has 0 amide bonds. The van der Waals surface area contributed by atoms with Crippen LogP contribution in [-0.2, 0) is 19.1 Å². The Hall–Kier alpha value is -4.39. The van der Waals surface area contributed by atoms with Gasteiger partial charge in [0.15, 0.2) is 0 Å². The van der Waals surface area contributed by atoms with Crippen molar-refractivity contribution in [2.45, 2.75) is 9.64 Å². The first-order valence-corrected chi connectivity index (χ1v) is 14.7. The first-order valence-electron chi connectivity index (χ1n) is 13.1. The zero-order valence-corrected chi connectivity index (χ0v) is 24.1. The average molecular weight is 575 g/mol. The highest BCUT2D eigenvalue weighted by atomic mass is 32.2. The van der Waals surface area contributed by atoms with Crippen molar-refractivity contribution in [3.8, 4) is 21.6 Å². The maximum atomic E-state index is 14.0. The monoisotopic (exact) mass is 574 g/mol. The molecule has 0 unspecified atom stereocenters. The van der Waals surface area contributed by atoms with Gasteiger partial charge in [-0.25, -0.2) is 9.59 Å². The maximum absolute atomic E-state index is 14.0. The van der Waals surface area contributed by atoms with Gasteiger partial charge in [0.1, 0.15) is 0 Å². The number of thioether (sulfide) groups is 1. The second-order valence-corrected chi connectivity index (χ2v) is 11.7. The summed E-state index contributed by atoms with van der Waals surface area (Å²) in [6, 6.07) is 39.8. The van der Waals surface area contributed by atoms with Gasteiger partial charge >= 0.3 is 11.9 Å². The molecule has 0 aliphatic carbocycles. The Morgan fingerprint density at radius 1 is 0.561 bits per heavy atom. The summed E-state index contributed by atoms with van der Waals surface area (Å²) in [6.07, 6.45) is 0. The number of esters is 2. The molecule has 4 nitrogen and oxygen atoms in total. The van der Waals surface area contributed by atoms with Crippen LogP contribution in [0.2, 0.25) is 0 Å². The van der Waals surface area contributed by atoms with E-state index in [1.165, 1.54) is 26.0 Å². The van der Waals surface area contributed by atoms with E-state index in [1.807, 2.05) is 97.1 Å². The van der Waals surface area contributed by atoms with Gasteiger partial charge in [-0.05, 0) is 22.3 Å². The minimum absolute atomic E-state index is 0.556. The average Bonchev–Trinajstić information content (AvgIpc) is 3.43. The lowest BCUT2D eigenvalue weighted by Gasteiger charge is -2.36. The van der Waals surface area contributed by atoms with Gasteiger partial charge in [-0.1, -0.05) is 133 Å². The summed E-state index contributed by atoms with van der Waals surface area (Å²) in [4.78, 5) is 30.9. The molecule has 202 valence electrons. The number of hydrogen-bond donors (Lipinski definition) is 0. The molecule has 2 heterocycles. The zero-order valence-electron chi connectivity index (χ0n) is 22.5. The molecule has 0 saturated carbocycles. The Bertz CT molecular complexity index is 1730. The summed E-state index contributed by atoms with van der Waals surface area (Å²) in [5.41, 5.74) is 6.03. The molecule has 6 heteroatoms. The van der Waals surface area contributed by atoms with Crippen molar-refractivity contribution < 1.29 is 19.1 Å².